The molecule has 1 aliphatic rings. The first-order valence-electron chi connectivity index (χ1n) is 6.56. The van der Waals surface area contributed by atoms with Crippen molar-refractivity contribution in [3.8, 4) is 0 Å². The van der Waals surface area contributed by atoms with Crippen molar-refractivity contribution in [2.75, 3.05) is 7.11 Å². The number of nitrogens with one attached hydrogen (secondary N) is 1. The van der Waals surface area contributed by atoms with E-state index >= 15 is 0 Å². The molecule has 0 saturated heterocycles. The quantitative estimate of drug-likeness (QED) is 0.268. The van der Waals surface area contributed by atoms with Gasteiger partial charge in [0, 0.05) is 11.3 Å². The van der Waals surface area contributed by atoms with Crippen molar-refractivity contribution in [2.45, 2.75) is 33.6 Å². The molecule has 1 unspecified atom stereocenters. The SMILES string of the molecule is CCC(=O)C1=C(SC(=N)N)CC(C)(C)C(C(=O)OC)C1=O. The van der Waals surface area contributed by atoms with Crippen molar-refractivity contribution in [3.63, 3.8) is 0 Å². The first-order valence-corrected chi connectivity index (χ1v) is 7.37. The molecular weight excluding hydrogens is 292 g/mol. The Kier molecular flexibility index (Phi) is 5.33. The lowest BCUT2D eigenvalue weighted by atomic mass is 9.68. The van der Waals surface area contributed by atoms with Gasteiger partial charge in [-0.1, -0.05) is 32.5 Å². The average Bonchev–Trinajstić information content (AvgIpc) is 2.35. The van der Waals surface area contributed by atoms with Gasteiger partial charge in [0.15, 0.2) is 16.7 Å². The molecule has 0 amide bonds. The number of allylic oxidation sites excluding steroid dienone is 2. The Bertz CT molecular complexity index is 537. The maximum absolute atomic E-state index is 12.6. The van der Waals surface area contributed by atoms with Gasteiger partial charge in [0.2, 0.25) is 0 Å². The van der Waals surface area contributed by atoms with Gasteiger partial charge in [-0.3, -0.25) is 19.8 Å². The smallest absolute Gasteiger partial charge is 0.317 e. The van der Waals surface area contributed by atoms with Crippen LogP contribution in [0.15, 0.2) is 10.5 Å². The van der Waals surface area contributed by atoms with Gasteiger partial charge < -0.3 is 10.5 Å². The number of esters is 1. The van der Waals surface area contributed by atoms with E-state index in [0.29, 0.717) is 11.3 Å². The maximum Gasteiger partial charge on any atom is 0.317 e. The topological polar surface area (TPSA) is 110 Å². The maximum atomic E-state index is 12.6. The van der Waals surface area contributed by atoms with Gasteiger partial charge in [0.1, 0.15) is 5.92 Å². The lowest BCUT2D eigenvalue weighted by Crippen LogP contribution is -2.44. The van der Waals surface area contributed by atoms with Gasteiger partial charge in [-0.2, -0.15) is 0 Å². The van der Waals surface area contributed by atoms with Crippen molar-refractivity contribution in [2.24, 2.45) is 17.1 Å². The molecule has 0 aliphatic heterocycles. The summed E-state index contributed by atoms with van der Waals surface area (Å²) in [6.07, 6.45) is 0.473. The number of nitrogens with two attached hydrogens (primary N) is 1. The molecule has 0 radical (unpaired) electrons. The number of ether oxygens (including phenoxy) is 1. The highest BCUT2D eigenvalue weighted by Gasteiger charge is 2.48. The molecule has 1 atom stereocenters. The largest absolute Gasteiger partial charge is 0.468 e. The molecule has 116 valence electrons. The fourth-order valence-corrected chi connectivity index (χ4v) is 3.50. The summed E-state index contributed by atoms with van der Waals surface area (Å²) in [7, 11) is 1.22. The first-order chi connectivity index (χ1) is 9.65. The summed E-state index contributed by atoms with van der Waals surface area (Å²) in [5, 5.41) is 7.19. The van der Waals surface area contributed by atoms with E-state index in [4.69, 9.17) is 15.9 Å². The van der Waals surface area contributed by atoms with Gasteiger partial charge in [-0.15, -0.1) is 0 Å². The van der Waals surface area contributed by atoms with Crippen LogP contribution in [0.2, 0.25) is 0 Å². The van der Waals surface area contributed by atoms with Crippen LogP contribution in [0.3, 0.4) is 0 Å². The van der Waals surface area contributed by atoms with Crippen LogP contribution >= 0.6 is 11.8 Å². The number of hydrogen-bond donors (Lipinski definition) is 2. The van der Waals surface area contributed by atoms with Gasteiger partial charge >= 0.3 is 5.97 Å². The fraction of sp³-hybridized carbons (Fsp3) is 0.571. The number of amidine groups is 1. The molecule has 0 fully saturated rings. The third-order valence-electron chi connectivity index (χ3n) is 3.46. The third-order valence-corrected chi connectivity index (χ3v) is 4.27. The number of Topliss-reactive ketones (excluding diaryl/α,β-unsaturated/α-hetero) is 2. The summed E-state index contributed by atoms with van der Waals surface area (Å²) in [6, 6.07) is 0. The Labute approximate surface area is 128 Å². The van der Waals surface area contributed by atoms with Crippen LogP contribution in [-0.2, 0) is 19.1 Å². The number of methoxy groups -OCH3 is 1. The Balaban J connectivity index is 3.42. The monoisotopic (exact) mass is 312 g/mol. The van der Waals surface area contributed by atoms with E-state index in [0.717, 1.165) is 11.8 Å². The molecule has 21 heavy (non-hydrogen) atoms. The Morgan fingerprint density at radius 1 is 1.48 bits per heavy atom. The lowest BCUT2D eigenvalue weighted by Gasteiger charge is -2.37. The summed E-state index contributed by atoms with van der Waals surface area (Å²) < 4.78 is 4.71. The van der Waals surface area contributed by atoms with Crippen LogP contribution in [0, 0.1) is 16.7 Å². The molecule has 1 aliphatic carbocycles. The van der Waals surface area contributed by atoms with Gasteiger partial charge in [-0.05, 0) is 11.8 Å². The van der Waals surface area contributed by atoms with Gasteiger partial charge in [0.05, 0.1) is 12.7 Å². The molecule has 0 bridgehead atoms. The Hall–Kier alpha value is -1.63. The summed E-state index contributed by atoms with van der Waals surface area (Å²) >= 11 is 0.902. The van der Waals surface area contributed by atoms with Crippen LogP contribution in [0.5, 0.6) is 0 Å². The van der Waals surface area contributed by atoms with Crippen LogP contribution < -0.4 is 5.73 Å². The summed E-state index contributed by atoms with van der Waals surface area (Å²) in [5.74, 6) is -2.52. The molecular formula is C14H20N2O4S. The highest BCUT2D eigenvalue weighted by Crippen LogP contribution is 2.45. The molecule has 0 aromatic carbocycles. The molecule has 0 spiro atoms. The van der Waals surface area contributed by atoms with E-state index in [1.165, 1.54) is 7.11 Å². The second kappa shape index (κ2) is 6.43. The van der Waals surface area contributed by atoms with Crippen LogP contribution in [0.4, 0.5) is 0 Å². The number of ketones is 2. The number of thioether (sulfide) groups is 1. The molecule has 1 rings (SSSR count). The van der Waals surface area contributed by atoms with Crippen molar-refractivity contribution in [3.05, 3.63) is 10.5 Å². The van der Waals surface area contributed by atoms with Crippen LogP contribution in [0.1, 0.15) is 33.6 Å². The second-order valence-electron chi connectivity index (χ2n) is 5.53. The van der Waals surface area contributed by atoms with Crippen molar-refractivity contribution in [1.29, 1.82) is 5.41 Å². The zero-order valence-corrected chi connectivity index (χ0v) is 13.4. The Morgan fingerprint density at radius 2 is 2.05 bits per heavy atom. The molecule has 0 saturated carbocycles. The standard InChI is InChI=1S/C14H20N2O4S/c1-5-7(17)9-8(21-13(15)16)6-14(2,3)10(11(9)18)12(19)20-4/h10H,5-6H2,1-4H3,(H3,15,16). The van der Waals surface area contributed by atoms with Gasteiger partial charge in [-0.25, -0.2) is 0 Å². The number of carbonyl (C=O) groups excluding carboxylic acids is 3. The molecule has 0 aromatic rings. The minimum atomic E-state index is -1.01. The zero-order chi connectivity index (χ0) is 16.4. The number of rotatable bonds is 4. The summed E-state index contributed by atoms with van der Waals surface area (Å²) in [4.78, 5) is 37.1. The van der Waals surface area contributed by atoms with Crippen molar-refractivity contribution < 1.29 is 19.1 Å². The van der Waals surface area contributed by atoms with E-state index in [2.05, 4.69) is 0 Å². The normalized spacial score (nSPS) is 21.1. The van der Waals surface area contributed by atoms with Crippen molar-refractivity contribution >= 4 is 34.5 Å². The molecule has 3 N–H and O–H groups in total. The zero-order valence-electron chi connectivity index (χ0n) is 12.6. The predicted octanol–water partition coefficient (Wildman–Crippen LogP) is 1.63. The van der Waals surface area contributed by atoms with Crippen LogP contribution in [-0.4, -0.2) is 29.8 Å². The second-order valence-corrected chi connectivity index (χ2v) is 6.66. The van der Waals surface area contributed by atoms with E-state index in [9.17, 15) is 14.4 Å². The molecule has 0 heterocycles. The first kappa shape index (κ1) is 17.4. The summed E-state index contributed by atoms with van der Waals surface area (Å²) in [6.45, 7) is 5.17. The Morgan fingerprint density at radius 3 is 2.48 bits per heavy atom. The fourth-order valence-electron chi connectivity index (χ4n) is 2.47. The number of carbonyl (C=O) groups is 3. The minimum Gasteiger partial charge on any atom is -0.468 e. The lowest BCUT2D eigenvalue weighted by molar-refractivity contribution is -0.153. The predicted molar refractivity (Wildman–Crippen MR) is 80.7 cm³/mol. The van der Waals surface area contributed by atoms with E-state index in [1.54, 1.807) is 20.8 Å². The minimum absolute atomic E-state index is 0.00701. The van der Waals surface area contributed by atoms with E-state index in [-0.39, 0.29) is 22.9 Å². The summed E-state index contributed by atoms with van der Waals surface area (Å²) in [5.41, 5.74) is 4.68. The highest BCUT2D eigenvalue weighted by atomic mass is 32.2. The molecule has 0 aromatic heterocycles. The highest BCUT2D eigenvalue weighted by molar-refractivity contribution is 8.17. The molecule has 6 nitrogen and oxygen atoms in total. The molecule has 7 heteroatoms. The van der Waals surface area contributed by atoms with Crippen LogP contribution in [0.25, 0.3) is 0 Å². The van der Waals surface area contributed by atoms with Crippen molar-refractivity contribution in [1.82, 2.24) is 0 Å². The van der Waals surface area contributed by atoms with E-state index < -0.39 is 23.1 Å². The van der Waals surface area contributed by atoms with E-state index in [1.807, 2.05) is 0 Å². The van der Waals surface area contributed by atoms with Gasteiger partial charge in [0.25, 0.3) is 0 Å². The third kappa shape index (κ3) is 3.53. The number of hydrogen-bond acceptors (Lipinski definition) is 6. The average molecular weight is 312 g/mol.